The van der Waals surface area contributed by atoms with Gasteiger partial charge in [0.1, 0.15) is 5.82 Å². The molecular weight excluding hydrogens is 362 g/mol. The Labute approximate surface area is 145 Å². The zero-order valence-corrected chi connectivity index (χ0v) is 15.1. The molecule has 1 fully saturated rings. The molecule has 1 saturated heterocycles. The minimum absolute atomic E-state index is 0.681. The van der Waals surface area contributed by atoms with Gasteiger partial charge in [-0.1, -0.05) is 27.5 Å². The van der Waals surface area contributed by atoms with E-state index in [-0.39, 0.29) is 0 Å². The van der Waals surface area contributed by atoms with Gasteiger partial charge in [0.15, 0.2) is 0 Å². The molecule has 1 aliphatic heterocycles. The van der Waals surface area contributed by atoms with Gasteiger partial charge >= 0.3 is 0 Å². The van der Waals surface area contributed by atoms with Gasteiger partial charge in [0.05, 0.1) is 0 Å². The number of imidazole rings is 1. The molecule has 2 aromatic rings. The normalized spacial score (nSPS) is 19.5. The van der Waals surface area contributed by atoms with Crippen LogP contribution in [0.1, 0.15) is 24.2 Å². The molecule has 2 heterocycles. The highest BCUT2D eigenvalue weighted by Crippen LogP contribution is 2.26. The second-order valence-corrected chi connectivity index (χ2v) is 7.46. The van der Waals surface area contributed by atoms with E-state index in [0.29, 0.717) is 5.92 Å². The maximum absolute atomic E-state index is 6.33. The molecule has 118 valence electrons. The molecule has 1 atom stereocenters. The van der Waals surface area contributed by atoms with Crippen LogP contribution in [0, 0.1) is 5.92 Å². The lowest BCUT2D eigenvalue weighted by molar-refractivity contribution is 0.165. The lowest BCUT2D eigenvalue weighted by Crippen LogP contribution is -2.36. The first kappa shape index (κ1) is 16.0. The van der Waals surface area contributed by atoms with Gasteiger partial charge in [0.2, 0.25) is 0 Å². The van der Waals surface area contributed by atoms with Gasteiger partial charge in [-0.3, -0.25) is 4.90 Å². The summed E-state index contributed by atoms with van der Waals surface area (Å²) in [4.78, 5) is 6.98. The molecule has 1 aliphatic rings. The summed E-state index contributed by atoms with van der Waals surface area (Å²) >= 11 is 9.86. The summed E-state index contributed by atoms with van der Waals surface area (Å²) < 4.78 is 3.22. The molecule has 0 aliphatic carbocycles. The van der Waals surface area contributed by atoms with Crippen molar-refractivity contribution in [2.24, 2.45) is 13.0 Å². The topological polar surface area (TPSA) is 21.1 Å². The Balaban J connectivity index is 1.63. The lowest BCUT2D eigenvalue weighted by atomic mass is 9.94. The number of aryl methyl sites for hydroxylation is 1. The smallest absolute Gasteiger partial charge is 0.108 e. The highest BCUT2D eigenvalue weighted by molar-refractivity contribution is 9.10. The predicted octanol–water partition coefficient (Wildman–Crippen LogP) is 4.29. The van der Waals surface area contributed by atoms with Gasteiger partial charge in [0.25, 0.3) is 0 Å². The molecule has 0 unspecified atom stereocenters. The Bertz CT molecular complexity index is 641. The molecular formula is C17H21BrClN3. The molecule has 0 amide bonds. The van der Waals surface area contributed by atoms with Gasteiger partial charge in [-0.2, -0.15) is 0 Å². The molecule has 0 bridgehead atoms. The van der Waals surface area contributed by atoms with Crippen molar-refractivity contribution in [3.05, 3.63) is 51.5 Å². The highest BCUT2D eigenvalue weighted by Gasteiger charge is 2.22. The van der Waals surface area contributed by atoms with Crippen LogP contribution in [0.4, 0.5) is 0 Å². The summed E-state index contributed by atoms with van der Waals surface area (Å²) in [6, 6.07) is 6.09. The molecule has 3 nitrogen and oxygen atoms in total. The predicted molar refractivity (Wildman–Crippen MR) is 94.1 cm³/mol. The number of likely N-dealkylation sites (tertiary alicyclic amines) is 1. The summed E-state index contributed by atoms with van der Waals surface area (Å²) in [5.74, 6) is 1.87. The van der Waals surface area contributed by atoms with Crippen molar-refractivity contribution in [3.8, 4) is 0 Å². The van der Waals surface area contributed by atoms with Crippen molar-refractivity contribution in [1.29, 1.82) is 0 Å². The Morgan fingerprint density at radius 1 is 1.41 bits per heavy atom. The lowest BCUT2D eigenvalue weighted by Gasteiger charge is -2.32. The van der Waals surface area contributed by atoms with Crippen LogP contribution < -0.4 is 0 Å². The number of nitrogens with zero attached hydrogens (tertiary/aromatic N) is 3. The van der Waals surface area contributed by atoms with E-state index in [0.717, 1.165) is 35.6 Å². The summed E-state index contributed by atoms with van der Waals surface area (Å²) in [6.07, 6.45) is 7.51. The third-order valence-electron chi connectivity index (χ3n) is 4.40. The fourth-order valence-corrected chi connectivity index (χ4v) is 3.80. The van der Waals surface area contributed by atoms with Crippen LogP contribution >= 0.6 is 27.5 Å². The molecule has 0 spiro atoms. The van der Waals surface area contributed by atoms with Crippen LogP contribution in [-0.4, -0.2) is 27.5 Å². The van der Waals surface area contributed by atoms with E-state index in [2.05, 4.69) is 43.5 Å². The van der Waals surface area contributed by atoms with Gasteiger partial charge < -0.3 is 4.57 Å². The van der Waals surface area contributed by atoms with Crippen LogP contribution in [0.15, 0.2) is 35.1 Å². The summed E-state index contributed by atoms with van der Waals surface area (Å²) in [6.45, 7) is 3.20. The number of rotatable bonds is 4. The third kappa shape index (κ3) is 3.92. The van der Waals surface area contributed by atoms with Crippen LogP contribution in [0.2, 0.25) is 5.02 Å². The quantitative estimate of drug-likeness (QED) is 0.786. The number of piperidine rings is 1. The van der Waals surface area contributed by atoms with Crippen molar-refractivity contribution in [3.63, 3.8) is 0 Å². The molecule has 5 heteroatoms. The largest absolute Gasteiger partial charge is 0.338 e. The number of hydrogen-bond acceptors (Lipinski definition) is 2. The monoisotopic (exact) mass is 381 g/mol. The Hall–Kier alpha value is -0.840. The Kier molecular flexibility index (Phi) is 5.21. The van der Waals surface area contributed by atoms with Crippen LogP contribution in [0.25, 0.3) is 0 Å². The van der Waals surface area contributed by atoms with Crippen molar-refractivity contribution in [2.45, 2.75) is 25.8 Å². The maximum Gasteiger partial charge on any atom is 0.108 e. The summed E-state index contributed by atoms with van der Waals surface area (Å²) in [7, 11) is 2.07. The SMILES string of the molecule is Cn1ccnc1C[C@@H]1CCCN(Cc2cc(Br)ccc2Cl)C1. The number of benzene rings is 1. The number of aromatic nitrogens is 2. The first-order valence-electron chi connectivity index (χ1n) is 7.74. The summed E-state index contributed by atoms with van der Waals surface area (Å²) in [5.41, 5.74) is 1.20. The fourth-order valence-electron chi connectivity index (χ4n) is 3.22. The van der Waals surface area contributed by atoms with Crippen molar-refractivity contribution in [1.82, 2.24) is 14.5 Å². The molecule has 22 heavy (non-hydrogen) atoms. The number of hydrogen-bond donors (Lipinski definition) is 0. The average molecular weight is 383 g/mol. The second-order valence-electron chi connectivity index (χ2n) is 6.14. The second kappa shape index (κ2) is 7.16. The average Bonchev–Trinajstić information content (AvgIpc) is 2.89. The van der Waals surface area contributed by atoms with Gasteiger partial charge in [-0.05, 0) is 49.1 Å². The molecule has 1 aromatic carbocycles. The first-order valence-corrected chi connectivity index (χ1v) is 8.91. The van der Waals surface area contributed by atoms with E-state index in [1.54, 1.807) is 0 Å². The highest BCUT2D eigenvalue weighted by atomic mass is 79.9. The van der Waals surface area contributed by atoms with E-state index in [1.807, 2.05) is 24.5 Å². The van der Waals surface area contributed by atoms with E-state index >= 15 is 0 Å². The molecule has 0 saturated carbocycles. The van der Waals surface area contributed by atoms with Gasteiger partial charge in [-0.25, -0.2) is 4.98 Å². The Morgan fingerprint density at radius 2 is 2.27 bits per heavy atom. The molecule has 1 aromatic heterocycles. The van der Waals surface area contributed by atoms with Crippen molar-refractivity contribution >= 4 is 27.5 Å². The van der Waals surface area contributed by atoms with Crippen LogP contribution in [0.3, 0.4) is 0 Å². The number of halogens is 2. The first-order chi connectivity index (χ1) is 10.6. The van der Waals surface area contributed by atoms with Crippen LogP contribution in [0.5, 0.6) is 0 Å². The molecule has 3 rings (SSSR count). The van der Waals surface area contributed by atoms with Gasteiger partial charge in [0, 0.05) is 48.4 Å². The molecule has 0 radical (unpaired) electrons. The standard InChI is InChI=1S/C17H21BrClN3/c1-21-8-6-20-17(21)9-13-3-2-7-22(11-13)12-14-10-15(18)4-5-16(14)19/h4-6,8,10,13H,2-3,7,9,11-12H2,1H3/t13-/m0/s1. The maximum atomic E-state index is 6.33. The van der Waals surface area contributed by atoms with E-state index in [9.17, 15) is 0 Å². The molecule has 0 N–H and O–H groups in total. The third-order valence-corrected chi connectivity index (χ3v) is 5.26. The minimum Gasteiger partial charge on any atom is -0.338 e. The van der Waals surface area contributed by atoms with E-state index in [1.165, 1.54) is 24.2 Å². The fraction of sp³-hybridized carbons (Fsp3) is 0.471. The minimum atomic E-state index is 0.681. The van der Waals surface area contributed by atoms with Gasteiger partial charge in [-0.15, -0.1) is 0 Å². The summed E-state index contributed by atoms with van der Waals surface area (Å²) in [5, 5.41) is 0.856. The van der Waals surface area contributed by atoms with Crippen molar-refractivity contribution < 1.29 is 0 Å². The van der Waals surface area contributed by atoms with Crippen LogP contribution in [-0.2, 0) is 20.0 Å². The zero-order valence-electron chi connectivity index (χ0n) is 12.8. The van der Waals surface area contributed by atoms with Crippen molar-refractivity contribution in [2.75, 3.05) is 13.1 Å². The zero-order chi connectivity index (χ0) is 15.5. The van der Waals surface area contributed by atoms with E-state index in [4.69, 9.17) is 11.6 Å². The van der Waals surface area contributed by atoms with E-state index < -0.39 is 0 Å². The Morgan fingerprint density at radius 3 is 3.05 bits per heavy atom.